The summed E-state index contributed by atoms with van der Waals surface area (Å²) in [5, 5.41) is 4.69. The molecule has 0 unspecified atom stereocenters. The van der Waals surface area contributed by atoms with Crippen molar-refractivity contribution in [3.8, 4) is 39.5 Å². The van der Waals surface area contributed by atoms with E-state index in [1.54, 1.807) is 0 Å². The second-order valence-corrected chi connectivity index (χ2v) is 13.0. The van der Waals surface area contributed by atoms with Crippen LogP contribution in [0.15, 0.2) is 144 Å². The van der Waals surface area contributed by atoms with Crippen LogP contribution in [0, 0.1) is 0 Å². The minimum Gasteiger partial charge on any atom is -0.455 e. The quantitative estimate of drug-likeness (QED) is 0.202. The van der Waals surface area contributed by atoms with Crippen molar-refractivity contribution in [2.75, 3.05) is 0 Å². The molecule has 0 saturated carbocycles. The zero-order valence-electron chi connectivity index (χ0n) is 26.0. The monoisotopic (exact) mass is 603 g/mol. The van der Waals surface area contributed by atoms with Crippen molar-refractivity contribution in [2.24, 2.45) is 0 Å². The van der Waals surface area contributed by atoms with Crippen LogP contribution >= 0.6 is 0 Å². The number of rotatable bonds is 3. The zero-order chi connectivity index (χ0) is 31.3. The molecule has 0 bridgehead atoms. The largest absolute Gasteiger partial charge is 0.455 e. The molecule has 0 aliphatic heterocycles. The molecule has 0 atom stereocenters. The average Bonchev–Trinajstić information content (AvgIpc) is 3.73. The molecule has 9 aromatic rings. The van der Waals surface area contributed by atoms with E-state index in [-0.39, 0.29) is 5.41 Å². The smallest absolute Gasteiger partial charge is 0.235 e. The first-order valence-corrected chi connectivity index (χ1v) is 16.1. The summed E-state index contributed by atoms with van der Waals surface area (Å²) in [5.74, 6) is 0.662. The van der Waals surface area contributed by atoms with E-state index in [1.807, 2.05) is 24.4 Å². The van der Waals surface area contributed by atoms with Crippen molar-refractivity contribution in [2.45, 2.75) is 19.3 Å². The Morgan fingerprint density at radius 2 is 1.28 bits per heavy atom. The molecular weight excluding hydrogens is 574 g/mol. The molecule has 3 heterocycles. The van der Waals surface area contributed by atoms with Gasteiger partial charge in [-0.25, -0.2) is 9.97 Å². The molecule has 0 fully saturated rings. The number of aromatic nitrogens is 3. The highest BCUT2D eigenvalue weighted by Gasteiger charge is 2.36. The molecule has 6 aromatic carbocycles. The van der Waals surface area contributed by atoms with Crippen LogP contribution in [-0.4, -0.2) is 14.5 Å². The van der Waals surface area contributed by atoms with Gasteiger partial charge in [0.15, 0.2) is 0 Å². The number of hydrogen-bond donors (Lipinski definition) is 0. The third kappa shape index (κ3) is 3.70. The fourth-order valence-electron chi connectivity index (χ4n) is 7.79. The molecule has 47 heavy (non-hydrogen) atoms. The van der Waals surface area contributed by atoms with E-state index in [1.165, 1.54) is 33.0 Å². The Bertz CT molecular complexity index is 2710. The van der Waals surface area contributed by atoms with Crippen molar-refractivity contribution in [1.82, 2.24) is 14.5 Å². The molecule has 0 spiro atoms. The van der Waals surface area contributed by atoms with Gasteiger partial charge < -0.3 is 4.42 Å². The van der Waals surface area contributed by atoms with E-state index in [0.29, 0.717) is 5.95 Å². The standard InChI is InChI=1S/C43H29N3O/c1-43(2)35-15-6-3-10-29(35)33-25-39-34(24-36(33)43)30-11-4-7-16-38(30)46(39)42-44-23-22-37(45-42)27-20-18-26(19-21-27)28-13-9-14-32-31-12-5-8-17-40(31)47-41(28)32/h3-25H,1-2H3. The second-order valence-electron chi connectivity index (χ2n) is 13.0. The second kappa shape index (κ2) is 9.51. The lowest BCUT2D eigenvalue weighted by Crippen LogP contribution is -2.14. The Labute approximate surface area is 271 Å². The van der Waals surface area contributed by atoms with Crippen LogP contribution in [0.5, 0.6) is 0 Å². The third-order valence-corrected chi connectivity index (χ3v) is 10.1. The molecule has 10 rings (SSSR count). The molecule has 0 saturated heterocycles. The Morgan fingerprint density at radius 3 is 2.17 bits per heavy atom. The van der Waals surface area contributed by atoms with E-state index in [2.05, 4.69) is 134 Å². The van der Waals surface area contributed by atoms with Gasteiger partial charge in [-0.15, -0.1) is 0 Å². The lowest BCUT2D eigenvalue weighted by atomic mass is 9.82. The van der Waals surface area contributed by atoms with Gasteiger partial charge in [0, 0.05) is 44.3 Å². The summed E-state index contributed by atoms with van der Waals surface area (Å²) in [6.45, 7) is 4.66. The van der Waals surface area contributed by atoms with Gasteiger partial charge in [0.25, 0.3) is 0 Å². The lowest BCUT2D eigenvalue weighted by Gasteiger charge is -2.21. The van der Waals surface area contributed by atoms with Crippen molar-refractivity contribution in [3.63, 3.8) is 0 Å². The van der Waals surface area contributed by atoms with Crippen LogP contribution < -0.4 is 0 Å². The van der Waals surface area contributed by atoms with Crippen molar-refractivity contribution in [1.29, 1.82) is 0 Å². The zero-order valence-corrected chi connectivity index (χ0v) is 26.0. The Hall–Kier alpha value is -6.00. The van der Waals surface area contributed by atoms with Gasteiger partial charge in [-0.3, -0.25) is 4.57 Å². The van der Waals surface area contributed by atoms with Crippen molar-refractivity contribution in [3.05, 3.63) is 151 Å². The van der Waals surface area contributed by atoms with E-state index in [9.17, 15) is 0 Å². The van der Waals surface area contributed by atoms with Crippen LogP contribution in [0.25, 0.3) is 83.2 Å². The summed E-state index contributed by atoms with van der Waals surface area (Å²) in [5.41, 5.74) is 13.4. The van der Waals surface area contributed by atoms with Crippen LogP contribution in [0.3, 0.4) is 0 Å². The summed E-state index contributed by atoms with van der Waals surface area (Å²) in [6, 6.07) is 47.3. The van der Waals surface area contributed by atoms with E-state index in [0.717, 1.165) is 55.4 Å². The molecule has 1 aliphatic carbocycles. The Balaban J connectivity index is 1.10. The summed E-state index contributed by atoms with van der Waals surface area (Å²) in [6.07, 6.45) is 1.87. The number of benzene rings is 6. The fourth-order valence-corrected chi connectivity index (χ4v) is 7.79. The number of fused-ring (bicyclic) bond motifs is 9. The lowest BCUT2D eigenvalue weighted by molar-refractivity contribution is 0.661. The highest BCUT2D eigenvalue weighted by molar-refractivity contribution is 6.11. The maximum absolute atomic E-state index is 6.32. The summed E-state index contributed by atoms with van der Waals surface area (Å²) < 4.78 is 8.54. The fraction of sp³-hybridized carbons (Fsp3) is 0.0698. The predicted molar refractivity (Wildman–Crippen MR) is 192 cm³/mol. The highest BCUT2D eigenvalue weighted by Crippen LogP contribution is 2.50. The molecule has 1 aliphatic rings. The van der Waals surface area contributed by atoms with Crippen molar-refractivity contribution < 1.29 is 4.42 Å². The number of hydrogen-bond acceptors (Lipinski definition) is 3. The van der Waals surface area contributed by atoms with Crippen LogP contribution in [-0.2, 0) is 5.41 Å². The van der Waals surface area contributed by atoms with E-state index >= 15 is 0 Å². The SMILES string of the molecule is CC1(C)c2ccccc2-c2cc3c(cc21)c1ccccc1n3-c1nccc(-c2ccc(-c3cccc4c3oc3ccccc34)cc2)n1. The maximum atomic E-state index is 6.32. The van der Waals surface area contributed by atoms with E-state index < -0.39 is 0 Å². The number of furan rings is 1. The van der Waals surface area contributed by atoms with Gasteiger partial charge in [0.1, 0.15) is 11.2 Å². The summed E-state index contributed by atoms with van der Waals surface area (Å²) in [7, 11) is 0. The first-order chi connectivity index (χ1) is 23.1. The normalized spacial score (nSPS) is 13.5. The van der Waals surface area contributed by atoms with Gasteiger partial charge in [0.05, 0.1) is 16.7 Å². The third-order valence-electron chi connectivity index (χ3n) is 10.1. The van der Waals surface area contributed by atoms with Gasteiger partial charge in [0.2, 0.25) is 5.95 Å². The molecule has 222 valence electrons. The molecule has 4 nitrogen and oxygen atoms in total. The number of nitrogens with zero attached hydrogens (tertiary/aromatic N) is 3. The Morgan fingerprint density at radius 1 is 0.553 bits per heavy atom. The molecular formula is C43H29N3O. The van der Waals surface area contributed by atoms with E-state index in [4.69, 9.17) is 14.4 Å². The topological polar surface area (TPSA) is 43.9 Å². The molecule has 0 amide bonds. The van der Waals surface area contributed by atoms with Crippen LogP contribution in [0.2, 0.25) is 0 Å². The predicted octanol–water partition coefficient (Wildman–Crippen LogP) is 11.1. The minimum absolute atomic E-state index is 0.0676. The molecule has 4 heteroatoms. The van der Waals surface area contributed by atoms with Gasteiger partial charge in [-0.1, -0.05) is 117 Å². The molecule has 0 radical (unpaired) electrons. The average molecular weight is 604 g/mol. The first kappa shape index (κ1) is 26.2. The van der Waals surface area contributed by atoms with Gasteiger partial charge >= 0.3 is 0 Å². The first-order valence-electron chi connectivity index (χ1n) is 16.1. The van der Waals surface area contributed by atoms with Gasteiger partial charge in [-0.05, 0) is 58.1 Å². The molecule has 3 aromatic heterocycles. The maximum Gasteiger partial charge on any atom is 0.235 e. The van der Waals surface area contributed by atoms with Crippen LogP contribution in [0.4, 0.5) is 0 Å². The highest BCUT2D eigenvalue weighted by atomic mass is 16.3. The summed E-state index contributed by atoms with van der Waals surface area (Å²) >= 11 is 0. The Kier molecular flexibility index (Phi) is 5.31. The molecule has 0 N–H and O–H groups in total. The number of para-hydroxylation sites is 3. The van der Waals surface area contributed by atoms with Crippen LogP contribution in [0.1, 0.15) is 25.0 Å². The van der Waals surface area contributed by atoms with Gasteiger partial charge in [-0.2, -0.15) is 0 Å². The van der Waals surface area contributed by atoms with Crippen molar-refractivity contribution >= 4 is 43.7 Å². The minimum atomic E-state index is -0.0676. The summed E-state index contributed by atoms with van der Waals surface area (Å²) in [4.78, 5) is 10.0.